The first-order valence-corrected chi connectivity index (χ1v) is 14.7. The second-order valence-electron chi connectivity index (χ2n) is 11.7. The summed E-state index contributed by atoms with van der Waals surface area (Å²) < 4.78 is 0. The number of para-hydroxylation sites is 1. The van der Waals surface area contributed by atoms with Crippen molar-refractivity contribution in [1.29, 1.82) is 0 Å². The van der Waals surface area contributed by atoms with E-state index < -0.39 is 0 Å². The fourth-order valence-electron chi connectivity index (χ4n) is 6.40. The molecule has 3 nitrogen and oxygen atoms in total. The summed E-state index contributed by atoms with van der Waals surface area (Å²) in [5, 5.41) is 1.10. The monoisotopic (exact) mass is 551 g/mol. The van der Waals surface area contributed by atoms with Gasteiger partial charge in [0.05, 0.1) is 16.9 Å². The first kappa shape index (κ1) is 25.3. The molecule has 3 heteroatoms. The third kappa shape index (κ3) is 4.33. The van der Waals surface area contributed by atoms with E-state index in [1.54, 1.807) is 0 Å². The topological polar surface area (TPSA) is 38.7 Å². The Kier molecular flexibility index (Phi) is 5.80. The lowest BCUT2D eigenvalue weighted by molar-refractivity contribution is 0.660. The van der Waals surface area contributed by atoms with Gasteiger partial charge in [-0.25, -0.2) is 15.0 Å². The zero-order valence-corrected chi connectivity index (χ0v) is 24.1. The minimum Gasteiger partial charge on any atom is -0.244 e. The molecule has 2 aromatic heterocycles. The van der Waals surface area contributed by atoms with E-state index in [9.17, 15) is 0 Å². The standard InChI is InChI=1S/C40H29N3/c1-40(2)33-17-8-7-16-31(33)32-21-19-29(24-34(32)40)28-14-10-15-30(23-28)38-25-37(26-11-4-3-5-12-26)42-39(43-38)36-22-20-27-13-6-9-18-35(27)41-36/h3-25H,1-2H3. The third-order valence-electron chi connectivity index (χ3n) is 8.70. The highest BCUT2D eigenvalue weighted by Gasteiger charge is 2.35. The van der Waals surface area contributed by atoms with Gasteiger partial charge in [-0.3, -0.25) is 0 Å². The Hall–Kier alpha value is -5.41. The predicted octanol–water partition coefficient (Wildman–Crippen LogP) is 10.00. The molecule has 0 fully saturated rings. The summed E-state index contributed by atoms with van der Waals surface area (Å²) >= 11 is 0. The number of benzene rings is 5. The number of fused-ring (bicyclic) bond motifs is 4. The average molecular weight is 552 g/mol. The van der Waals surface area contributed by atoms with E-state index in [1.165, 1.54) is 27.8 Å². The maximum Gasteiger partial charge on any atom is 0.179 e. The molecule has 0 radical (unpaired) electrons. The lowest BCUT2D eigenvalue weighted by Crippen LogP contribution is -2.14. The minimum atomic E-state index is -0.0431. The van der Waals surface area contributed by atoms with Gasteiger partial charge in [-0.05, 0) is 63.7 Å². The molecule has 0 spiro atoms. The highest BCUT2D eigenvalue weighted by atomic mass is 14.9. The molecule has 0 atom stereocenters. The van der Waals surface area contributed by atoms with Gasteiger partial charge in [0.1, 0.15) is 5.69 Å². The number of hydrogen-bond acceptors (Lipinski definition) is 3. The zero-order valence-electron chi connectivity index (χ0n) is 24.1. The largest absolute Gasteiger partial charge is 0.244 e. The summed E-state index contributed by atoms with van der Waals surface area (Å²) in [5.41, 5.74) is 13.3. The van der Waals surface area contributed by atoms with Crippen LogP contribution in [0.15, 0.2) is 140 Å². The van der Waals surface area contributed by atoms with Crippen molar-refractivity contribution in [2.24, 2.45) is 0 Å². The van der Waals surface area contributed by atoms with Gasteiger partial charge >= 0.3 is 0 Å². The van der Waals surface area contributed by atoms with Gasteiger partial charge in [0.15, 0.2) is 5.82 Å². The van der Waals surface area contributed by atoms with E-state index in [0.717, 1.165) is 44.7 Å². The summed E-state index contributed by atoms with van der Waals surface area (Å²) in [7, 11) is 0. The van der Waals surface area contributed by atoms with E-state index in [2.05, 4.69) is 111 Å². The molecular formula is C40H29N3. The Morgan fingerprint density at radius 3 is 1.98 bits per heavy atom. The number of pyridine rings is 1. The van der Waals surface area contributed by atoms with Crippen molar-refractivity contribution in [3.05, 3.63) is 151 Å². The molecule has 0 bridgehead atoms. The van der Waals surface area contributed by atoms with E-state index in [4.69, 9.17) is 15.0 Å². The second-order valence-corrected chi connectivity index (χ2v) is 11.7. The Balaban J connectivity index is 1.25. The quantitative estimate of drug-likeness (QED) is 0.218. The van der Waals surface area contributed by atoms with Gasteiger partial charge in [0.2, 0.25) is 0 Å². The maximum atomic E-state index is 5.08. The molecule has 0 amide bonds. The Morgan fingerprint density at radius 2 is 1.09 bits per heavy atom. The van der Waals surface area contributed by atoms with Crippen LogP contribution in [0.2, 0.25) is 0 Å². The van der Waals surface area contributed by atoms with Gasteiger partial charge in [-0.1, -0.05) is 123 Å². The summed E-state index contributed by atoms with van der Waals surface area (Å²) in [5.74, 6) is 0.615. The van der Waals surface area contributed by atoms with Gasteiger partial charge in [-0.15, -0.1) is 0 Å². The number of nitrogens with zero attached hydrogens (tertiary/aromatic N) is 3. The highest BCUT2D eigenvalue weighted by Crippen LogP contribution is 2.49. The van der Waals surface area contributed by atoms with Gasteiger partial charge < -0.3 is 0 Å². The van der Waals surface area contributed by atoms with Gasteiger partial charge in [-0.2, -0.15) is 0 Å². The number of aromatic nitrogens is 3. The first-order valence-electron chi connectivity index (χ1n) is 14.7. The SMILES string of the molecule is CC1(C)c2ccccc2-c2ccc(-c3cccc(-c4cc(-c5ccccc5)nc(-c5ccc6ccccc6n5)n4)c3)cc21. The molecule has 0 saturated heterocycles. The molecule has 0 aliphatic heterocycles. The van der Waals surface area contributed by atoms with Crippen LogP contribution in [0.1, 0.15) is 25.0 Å². The summed E-state index contributed by atoms with van der Waals surface area (Å²) in [6, 6.07) is 49.0. The van der Waals surface area contributed by atoms with Gasteiger partial charge in [0, 0.05) is 21.9 Å². The molecule has 0 N–H and O–H groups in total. The van der Waals surface area contributed by atoms with Crippen LogP contribution in [0.3, 0.4) is 0 Å². The van der Waals surface area contributed by atoms with Crippen LogP contribution in [-0.4, -0.2) is 15.0 Å². The molecule has 204 valence electrons. The summed E-state index contributed by atoms with van der Waals surface area (Å²) in [6.07, 6.45) is 0. The first-order chi connectivity index (χ1) is 21.0. The molecule has 2 heterocycles. The van der Waals surface area contributed by atoms with Crippen LogP contribution in [-0.2, 0) is 5.41 Å². The van der Waals surface area contributed by atoms with Crippen LogP contribution in [0.4, 0.5) is 0 Å². The van der Waals surface area contributed by atoms with E-state index >= 15 is 0 Å². The van der Waals surface area contributed by atoms with Crippen molar-refractivity contribution in [3.8, 4) is 56.3 Å². The highest BCUT2D eigenvalue weighted by molar-refractivity contribution is 5.85. The molecule has 7 aromatic rings. The Morgan fingerprint density at radius 1 is 0.419 bits per heavy atom. The molecule has 1 aliphatic rings. The van der Waals surface area contributed by atoms with Gasteiger partial charge in [0.25, 0.3) is 0 Å². The van der Waals surface area contributed by atoms with Crippen LogP contribution >= 0.6 is 0 Å². The van der Waals surface area contributed by atoms with Crippen molar-refractivity contribution in [3.63, 3.8) is 0 Å². The van der Waals surface area contributed by atoms with Crippen LogP contribution in [0.5, 0.6) is 0 Å². The molecular weight excluding hydrogens is 522 g/mol. The lowest BCUT2D eigenvalue weighted by Gasteiger charge is -2.22. The molecule has 5 aromatic carbocycles. The van der Waals surface area contributed by atoms with E-state index in [-0.39, 0.29) is 5.41 Å². The van der Waals surface area contributed by atoms with Crippen molar-refractivity contribution in [2.45, 2.75) is 19.3 Å². The Labute approximate surface area is 251 Å². The molecule has 0 unspecified atom stereocenters. The summed E-state index contributed by atoms with van der Waals surface area (Å²) in [6.45, 7) is 4.65. The zero-order chi connectivity index (χ0) is 29.0. The normalized spacial score (nSPS) is 13.1. The van der Waals surface area contributed by atoms with E-state index in [1.807, 2.05) is 42.5 Å². The molecule has 1 aliphatic carbocycles. The lowest BCUT2D eigenvalue weighted by atomic mass is 9.81. The van der Waals surface area contributed by atoms with Crippen molar-refractivity contribution in [2.75, 3.05) is 0 Å². The predicted molar refractivity (Wildman–Crippen MR) is 177 cm³/mol. The van der Waals surface area contributed by atoms with Crippen molar-refractivity contribution in [1.82, 2.24) is 15.0 Å². The molecule has 8 rings (SSSR count). The average Bonchev–Trinajstić information content (AvgIpc) is 3.30. The Bertz CT molecular complexity index is 2160. The molecule has 43 heavy (non-hydrogen) atoms. The maximum absolute atomic E-state index is 5.08. The van der Waals surface area contributed by atoms with Crippen LogP contribution in [0, 0.1) is 0 Å². The van der Waals surface area contributed by atoms with Crippen LogP contribution < -0.4 is 0 Å². The fourth-order valence-corrected chi connectivity index (χ4v) is 6.40. The second kappa shape index (κ2) is 9.85. The van der Waals surface area contributed by atoms with E-state index in [0.29, 0.717) is 5.82 Å². The molecule has 0 saturated carbocycles. The third-order valence-corrected chi connectivity index (χ3v) is 8.70. The van der Waals surface area contributed by atoms with Crippen molar-refractivity contribution >= 4 is 10.9 Å². The summed E-state index contributed by atoms with van der Waals surface area (Å²) in [4.78, 5) is 15.0. The van der Waals surface area contributed by atoms with Crippen LogP contribution in [0.25, 0.3) is 67.2 Å². The minimum absolute atomic E-state index is 0.0431. The number of hydrogen-bond donors (Lipinski definition) is 0. The number of rotatable bonds is 4. The smallest absolute Gasteiger partial charge is 0.179 e. The fraction of sp³-hybridized carbons (Fsp3) is 0.0750. The van der Waals surface area contributed by atoms with Crippen molar-refractivity contribution < 1.29 is 0 Å².